The number of furan rings is 2. The van der Waals surface area contributed by atoms with Crippen molar-refractivity contribution in [1.82, 2.24) is 5.32 Å². The molecule has 0 radical (unpaired) electrons. The van der Waals surface area contributed by atoms with E-state index < -0.39 is 0 Å². The van der Waals surface area contributed by atoms with Gasteiger partial charge in [-0.15, -0.1) is 0 Å². The molecule has 1 aromatic carbocycles. The van der Waals surface area contributed by atoms with Gasteiger partial charge in [0, 0.05) is 5.39 Å². The number of para-hydroxylation sites is 1. The summed E-state index contributed by atoms with van der Waals surface area (Å²) < 4.78 is 11.4. The highest BCUT2D eigenvalue weighted by Crippen LogP contribution is 2.32. The highest BCUT2D eigenvalue weighted by atomic mass is 16.3. The maximum Gasteiger partial charge on any atom is 0.138 e. The number of fused-ring (bicyclic) bond motifs is 1. The van der Waals surface area contributed by atoms with E-state index in [0.717, 1.165) is 33.6 Å². The summed E-state index contributed by atoms with van der Waals surface area (Å²) in [5.74, 6) is 1.76. The minimum atomic E-state index is 0.693. The summed E-state index contributed by atoms with van der Waals surface area (Å²) in [7, 11) is 1.90. The van der Waals surface area contributed by atoms with E-state index in [9.17, 15) is 0 Å². The van der Waals surface area contributed by atoms with E-state index in [1.165, 1.54) is 0 Å². The molecule has 0 aliphatic carbocycles. The Labute approximate surface area is 105 Å². The van der Waals surface area contributed by atoms with Crippen LogP contribution in [0.15, 0.2) is 45.4 Å². The maximum atomic E-state index is 5.94. The second-order valence-electron chi connectivity index (χ2n) is 4.39. The molecule has 0 fully saturated rings. The highest BCUT2D eigenvalue weighted by molar-refractivity contribution is 5.85. The normalized spacial score (nSPS) is 11.2. The van der Waals surface area contributed by atoms with Crippen LogP contribution in [0.25, 0.3) is 22.3 Å². The zero-order chi connectivity index (χ0) is 12.5. The Morgan fingerprint density at radius 2 is 2.11 bits per heavy atom. The molecule has 92 valence electrons. The van der Waals surface area contributed by atoms with E-state index in [0.29, 0.717) is 6.54 Å². The Morgan fingerprint density at radius 3 is 2.89 bits per heavy atom. The summed E-state index contributed by atoms with van der Waals surface area (Å²) in [5.41, 5.74) is 3.11. The number of rotatable bonds is 3. The first-order chi connectivity index (χ1) is 8.79. The topological polar surface area (TPSA) is 38.3 Å². The van der Waals surface area contributed by atoms with Crippen molar-refractivity contribution in [2.24, 2.45) is 0 Å². The van der Waals surface area contributed by atoms with Crippen LogP contribution in [0, 0.1) is 6.92 Å². The van der Waals surface area contributed by atoms with Crippen molar-refractivity contribution in [1.29, 1.82) is 0 Å². The Morgan fingerprint density at radius 1 is 1.22 bits per heavy atom. The molecule has 3 heteroatoms. The van der Waals surface area contributed by atoms with Crippen molar-refractivity contribution in [3.63, 3.8) is 0 Å². The molecule has 0 aliphatic heterocycles. The highest BCUT2D eigenvalue weighted by Gasteiger charge is 2.13. The van der Waals surface area contributed by atoms with Crippen LogP contribution >= 0.6 is 0 Å². The van der Waals surface area contributed by atoms with E-state index in [1.807, 2.05) is 19.2 Å². The molecular formula is C15H15NO2. The minimum absolute atomic E-state index is 0.693. The average molecular weight is 241 g/mol. The van der Waals surface area contributed by atoms with Crippen LogP contribution in [0.2, 0.25) is 0 Å². The molecule has 0 aliphatic rings. The third-order valence-corrected chi connectivity index (χ3v) is 3.09. The van der Waals surface area contributed by atoms with Gasteiger partial charge in [0.1, 0.15) is 17.1 Å². The van der Waals surface area contributed by atoms with Gasteiger partial charge in [0.25, 0.3) is 0 Å². The molecule has 0 saturated carbocycles. The smallest absolute Gasteiger partial charge is 0.138 e. The molecule has 0 saturated heterocycles. The van der Waals surface area contributed by atoms with E-state index in [2.05, 4.69) is 30.4 Å². The number of hydrogen-bond donors (Lipinski definition) is 1. The van der Waals surface area contributed by atoms with Gasteiger partial charge in [0.15, 0.2) is 0 Å². The molecule has 3 nitrogen and oxygen atoms in total. The van der Waals surface area contributed by atoms with Crippen molar-refractivity contribution in [3.8, 4) is 11.3 Å². The first-order valence-electron chi connectivity index (χ1n) is 6.00. The van der Waals surface area contributed by atoms with Crippen LogP contribution in [0.3, 0.4) is 0 Å². The predicted molar refractivity (Wildman–Crippen MR) is 71.4 cm³/mol. The molecule has 0 atom stereocenters. The molecule has 0 bridgehead atoms. The number of hydrogen-bond acceptors (Lipinski definition) is 3. The Kier molecular flexibility index (Phi) is 2.68. The monoisotopic (exact) mass is 241 g/mol. The van der Waals surface area contributed by atoms with Gasteiger partial charge in [-0.3, -0.25) is 0 Å². The predicted octanol–water partition coefficient (Wildman–Crippen LogP) is 3.72. The van der Waals surface area contributed by atoms with Crippen molar-refractivity contribution >= 4 is 11.0 Å². The SMILES string of the molecule is CNCc1occc1-c1cc2cccc(C)c2o1. The second kappa shape index (κ2) is 4.35. The fourth-order valence-electron chi connectivity index (χ4n) is 2.20. The molecule has 2 aromatic heterocycles. The van der Waals surface area contributed by atoms with E-state index in [1.54, 1.807) is 6.26 Å². The van der Waals surface area contributed by atoms with Gasteiger partial charge in [-0.1, -0.05) is 18.2 Å². The zero-order valence-electron chi connectivity index (χ0n) is 10.5. The van der Waals surface area contributed by atoms with E-state index in [-0.39, 0.29) is 0 Å². The molecule has 0 amide bonds. The van der Waals surface area contributed by atoms with Gasteiger partial charge in [-0.05, 0) is 31.7 Å². The summed E-state index contributed by atoms with van der Waals surface area (Å²) in [6.45, 7) is 2.75. The quantitative estimate of drug-likeness (QED) is 0.759. The number of nitrogens with one attached hydrogen (secondary N) is 1. The summed E-state index contributed by atoms with van der Waals surface area (Å²) in [6, 6.07) is 10.2. The lowest BCUT2D eigenvalue weighted by Crippen LogP contribution is -2.04. The summed E-state index contributed by atoms with van der Waals surface area (Å²) in [6.07, 6.45) is 1.70. The first kappa shape index (κ1) is 11.1. The summed E-state index contributed by atoms with van der Waals surface area (Å²) >= 11 is 0. The molecule has 18 heavy (non-hydrogen) atoms. The molecular weight excluding hydrogens is 226 g/mol. The Balaban J connectivity index is 2.14. The van der Waals surface area contributed by atoms with Gasteiger partial charge in [-0.2, -0.15) is 0 Å². The van der Waals surface area contributed by atoms with Gasteiger partial charge in [0.2, 0.25) is 0 Å². The summed E-state index contributed by atoms with van der Waals surface area (Å²) in [5, 5.41) is 4.22. The van der Waals surface area contributed by atoms with Crippen LogP contribution in [0.1, 0.15) is 11.3 Å². The maximum absolute atomic E-state index is 5.94. The standard InChI is InChI=1S/C15H15NO2/c1-10-4-3-5-11-8-13(18-15(10)11)12-6-7-17-14(12)9-16-2/h3-8,16H,9H2,1-2H3. The molecule has 2 heterocycles. The van der Waals surface area contributed by atoms with Crippen molar-refractivity contribution in [2.45, 2.75) is 13.5 Å². The summed E-state index contributed by atoms with van der Waals surface area (Å²) in [4.78, 5) is 0. The third kappa shape index (κ3) is 1.73. The van der Waals surface area contributed by atoms with Gasteiger partial charge >= 0.3 is 0 Å². The lowest BCUT2D eigenvalue weighted by molar-refractivity contribution is 0.494. The lowest BCUT2D eigenvalue weighted by Gasteiger charge is -1.98. The Hall–Kier alpha value is -2.00. The van der Waals surface area contributed by atoms with Crippen molar-refractivity contribution in [3.05, 3.63) is 47.9 Å². The van der Waals surface area contributed by atoms with Gasteiger partial charge < -0.3 is 14.2 Å². The molecule has 1 N–H and O–H groups in total. The Bertz CT molecular complexity index is 679. The van der Waals surface area contributed by atoms with E-state index >= 15 is 0 Å². The van der Waals surface area contributed by atoms with Gasteiger partial charge in [0.05, 0.1) is 18.4 Å². The van der Waals surface area contributed by atoms with Crippen LogP contribution < -0.4 is 5.32 Å². The van der Waals surface area contributed by atoms with E-state index in [4.69, 9.17) is 8.83 Å². The van der Waals surface area contributed by atoms with Crippen molar-refractivity contribution in [2.75, 3.05) is 7.05 Å². The van der Waals surface area contributed by atoms with Gasteiger partial charge in [-0.25, -0.2) is 0 Å². The van der Waals surface area contributed by atoms with Crippen LogP contribution in [0.4, 0.5) is 0 Å². The molecule has 3 aromatic rings. The lowest BCUT2D eigenvalue weighted by atomic mass is 10.1. The molecule has 3 rings (SSSR count). The number of aryl methyl sites for hydroxylation is 1. The van der Waals surface area contributed by atoms with Crippen molar-refractivity contribution < 1.29 is 8.83 Å². The number of benzene rings is 1. The third-order valence-electron chi connectivity index (χ3n) is 3.09. The fraction of sp³-hybridized carbons (Fsp3) is 0.200. The first-order valence-corrected chi connectivity index (χ1v) is 6.00. The largest absolute Gasteiger partial charge is 0.467 e. The average Bonchev–Trinajstić information content (AvgIpc) is 2.95. The molecule has 0 unspecified atom stereocenters. The fourth-order valence-corrected chi connectivity index (χ4v) is 2.20. The minimum Gasteiger partial charge on any atom is -0.467 e. The zero-order valence-corrected chi connectivity index (χ0v) is 10.5. The molecule has 0 spiro atoms. The van der Waals surface area contributed by atoms with Crippen LogP contribution in [-0.2, 0) is 6.54 Å². The van der Waals surface area contributed by atoms with Crippen LogP contribution in [0.5, 0.6) is 0 Å². The second-order valence-corrected chi connectivity index (χ2v) is 4.39. The van der Waals surface area contributed by atoms with Crippen LogP contribution in [-0.4, -0.2) is 7.05 Å².